The lowest BCUT2D eigenvalue weighted by atomic mass is 10.1. The van der Waals surface area contributed by atoms with Crippen molar-refractivity contribution < 1.29 is 28.8 Å². The molecule has 0 spiro atoms. The number of imide groups is 1. The van der Waals surface area contributed by atoms with E-state index in [0.29, 0.717) is 17.9 Å². The number of rotatable bonds is 12. The molecule has 154 valence electrons. The molecule has 1 fully saturated rings. The highest BCUT2D eigenvalue weighted by Crippen LogP contribution is 2.15. The largest absolute Gasteiger partial charge is 0.460 e. The first-order chi connectivity index (χ1) is 12.7. The van der Waals surface area contributed by atoms with E-state index in [2.05, 4.69) is 0 Å². The van der Waals surface area contributed by atoms with Crippen LogP contribution in [0.2, 0.25) is 0 Å². The molecule has 1 saturated heterocycles. The fourth-order valence-corrected chi connectivity index (χ4v) is 2.80. The minimum Gasteiger partial charge on any atom is -0.460 e. The second-order valence-electron chi connectivity index (χ2n) is 7.96. The maximum absolute atomic E-state index is 11.6. The van der Waals surface area contributed by atoms with Crippen LogP contribution < -0.4 is 0 Å². The number of unbranched alkanes of at least 4 members (excludes halogenated alkanes) is 7. The number of hydrogen-bond donors (Lipinski definition) is 0. The van der Waals surface area contributed by atoms with Crippen LogP contribution in [-0.2, 0) is 28.8 Å². The Labute approximate surface area is 161 Å². The molecular formula is C20H33NO6. The van der Waals surface area contributed by atoms with E-state index in [0.717, 1.165) is 44.9 Å². The summed E-state index contributed by atoms with van der Waals surface area (Å²) in [5, 5.41) is 0.597. The van der Waals surface area contributed by atoms with Gasteiger partial charge in [0.15, 0.2) is 0 Å². The summed E-state index contributed by atoms with van der Waals surface area (Å²) in [5.74, 6) is -1.55. The van der Waals surface area contributed by atoms with Gasteiger partial charge in [-0.1, -0.05) is 38.5 Å². The second kappa shape index (κ2) is 11.7. The quantitative estimate of drug-likeness (QED) is 0.289. The van der Waals surface area contributed by atoms with E-state index in [1.807, 2.05) is 20.8 Å². The third-order valence-corrected chi connectivity index (χ3v) is 4.13. The predicted molar refractivity (Wildman–Crippen MR) is 99.2 cm³/mol. The Morgan fingerprint density at radius 3 is 1.63 bits per heavy atom. The molecule has 7 nitrogen and oxygen atoms in total. The fraction of sp³-hybridized carbons (Fsp3) is 0.800. The summed E-state index contributed by atoms with van der Waals surface area (Å²) >= 11 is 0. The van der Waals surface area contributed by atoms with Crippen molar-refractivity contribution in [2.75, 3.05) is 0 Å². The Balaban J connectivity index is 1.91. The van der Waals surface area contributed by atoms with Crippen molar-refractivity contribution in [1.29, 1.82) is 0 Å². The lowest BCUT2D eigenvalue weighted by Crippen LogP contribution is -2.31. The van der Waals surface area contributed by atoms with Gasteiger partial charge in [0.25, 0.3) is 11.8 Å². The smallest absolute Gasteiger partial charge is 0.333 e. The number of hydrogen-bond acceptors (Lipinski definition) is 6. The van der Waals surface area contributed by atoms with Crippen LogP contribution in [0.5, 0.6) is 0 Å². The van der Waals surface area contributed by atoms with E-state index in [1.54, 1.807) is 0 Å². The minimum atomic E-state index is -0.527. The number of nitrogens with zero attached hydrogens (tertiary/aromatic N) is 1. The lowest BCUT2D eigenvalue weighted by Gasteiger charge is -2.19. The van der Waals surface area contributed by atoms with Gasteiger partial charge in [0.2, 0.25) is 0 Å². The first-order valence-electron chi connectivity index (χ1n) is 9.97. The van der Waals surface area contributed by atoms with Crippen LogP contribution >= 0.6 is 0 Å². The molecule has 0 atom stereocenters. The molecule has 0 aromatic carbocycles. The number of ether oxygens (including phenoxy) is 1. The molecule has 1 aliphatic rings. The Kier molecular flexibility index (Phi) is 10.0. The van der Waals surface area contributed by atoms with E-state index < -0.39 is 23.4 Å². The van der Waals surface area contributed by atoms with Crippen molar-refractivity contribution in [3.05, 3.63) is 0 Å². The van der Waals surface area contributed by atoms with Crippen molar-refractivity contribution >= 4 is 23.8 Å². The number of carbonyl (C=O) groups is 4. The molecule has 1 aliphatic heterocycles. The van der Waals surface area contributed by atoms with Crippen molar-refractivity contribution in [1.82, 2.24) is 5.06 Å². The Morgan fingerprint density at radius 1 is 0.778 bits per heavy atom. The molecular weight excluding hydrogens is 350 g/mol. The van der Waals surface area contributed by atoms with E-state index >= 15 is 0 Å². The zero-order valence-electron chi connectivity index (χ0n) is 16.9. The van der Waals surface area contributed by atoms with Crippen LogP contribution in [0.1, 0.15) is 97.8 Å². The maximum Gasteiger partial charge on any atom is 0.333 e. The summed E-state index contributed by atoms with van der Waals surface area (Å²) in [6, 6.07) is 0. The molecule has 27 heavy (non-hydrogen) atoms. The molecule has 2 amide bonds. The highest BCUT2D eigenvalue weighted by Gasteiger charge is 2.32. The molecule has 1 rings (SSSR count). The van der Waals surface area contributed by atoms with Gasteiger partial charge >= 0.3 is 11.9 Å². The molecule has 1 heterocycles. The van der Waals surface area contributed by atoms with Crippen molar-refractivity contribution in [2.24, 2.45) is 0 Å². The molecule has 0 radical (unpaired) electrons. The van der Waals surface area contributed by atoms with E-state index in [9.17, 15) is 19.2 Å². The topological polar surface area (TPSA) is 90.0 Å². The van der Waals surface area contributed by atoms with Gasteiger partial charge in [-0.05, 0) is 33.6 Å². The lowest BCUT2D eigenvalue weighted by molar-refractivity contribution is -0.197. The van der Waals surface area contributed by atoms with Gasteiger partial charge in [-0.15, -0.1) is 5.06 Å². The minimum absolute atomic E-state index is 0.115. The number of hydroxylamine groups is 2. The number of amides is 2. The molecule has 0 bridgehead atoms. The van der Waals surface area contributed by atoms with Crippen LogP contribution in [0.3, 0.4) is 0 Å². The molecule has 0 aromatic heterocycles. The molecule has 0 aromatic rings. The van der Waals surface area contributed by atoms with E-state index in [-0.39, 0.29) is 25.2 Å². The normalized spacial score (nSPS) is 14.6. The van der Waals surface area contributed by atoms with Gasteiger partial charge in [0.05, 0.1) is 0 Å². The van der Waals surface area contributed by atoms with Crippen molar-refractivity contribution in [3.8, 4) is 0 Å². The van der Waals surface area contributed by atoms with Gasteiger partial charge < -0.3 is 9.57 Å². The van der Waals surface area contributed by atoms with Gasteiger partial charge in [-0.2, -0.15) is 0 Å². The van der Waals surface area contributed by atoms with Gasteiger partial charge in [0, 0.05) is 25.7 Å². The summed E-state index contributed by atoms with van der Waals surface area (Å²) < 4.78 is 5.27. The highest BCUT2D eigenvalue weighted by molar-refractivity contribution is 6.01. The van der Waals surface area contributed by atoms with Gasteiger partial charge in [0.1, 0.15) is 5.60 Å². The van der Waals surface area contributed by atoms with Crippen molar-refractivity contribution in [3.63, 3.8) is 0 Å². The van der Waals surface area contributed by atoms with Crippen LogP contribution in [0, 0.1) is 0 Å². The van der Waals surface area contributed by atoms with Gasteiger partial charge in [-0.25, -0.2) is 4.79 Å². The third-order valence-electron chi connectivity index (χ3n) is 4.13. The first kappa shape index (κ1) is 23.1. The number of esters is 1. The van der Waals surface area contributed by atoms with Crippen LogP contribution in [0.15, 0.2) is 0 Å². The van der Waals surface area contributed by atoms with Gasteiger partial charge in [-0.3, -0.25) is 14.4 Å². The Morgan fingerprint density at radius 2 is 1.19 bits per heavy atom. The SMILES string of the molecule is CC(C)(C)OC(=O)CCCCCCCCCCC(=O)ON1C(=O)CCC1=O. The monoisotopic (exact) mass is 383 g/mol. The van der Waals surface area contributed by atoms with Crippen LogP contribution in [0.4, 0.5) is 0 Å². The summed E-state index contributed by atoms with van der Waals surface area (Å²) in [5.41, 5.74) is -0.414. The summed E-state index contributed by atoms with van der Waals surface area (Å²) in [4.78, 5) is 50.7. The van der Waals surface area contributed by atoms with Crippen molar-refractivity contribution in [2.45, 2.75) is 103 Å². The Bertz CT molecular complexity index is 507. The highest BCUT2D eigenvalue weighted by atomic mass is 16.7. The average molecular weight is 383 g/mol. The number of carbonyl (C=O) groups excluding carboxylic acids is 4. The molecule has 0 aliphatic carbocycles. The predicted octanol–water partition coefficient (Wildman–Crippen LogP) is 3.84. The average Bonchev–Trinajstić information content (AvgIpc) is 2.87. The molecule has 0 unspecified atom stereocenters. The van der Waals surface area contributed by atoms with E-state index in [4.69, 9.17) is 9.57 Å². The zero-order chi connectivity index (χ0) is 20.3. The van der Waals surface area contributed by atoms with E-state index in [1.165, 1.54) is 0 Å². The first-order valence-corrected chi connectivity index (χ1v) is 9.97. The zero-order valence-corrected chi connectivity index (χ0v) is 16.9. The maximum atomic E-state index is 11.6. The second-order valence-corrected chi connectivity index (χ2v) is 7.96. The summed E-state index contributed by atoms with van der Waals surface area (Å²) in [6.45, 7) is 5.61. The summed E-state index contributed by atoms with van der Waals surface area (Å²) in [6.07, 6.45) is 8.70. The van der Waals surface area contributed by atoms with Crippen LogP contribution in [-0.4, -0.2) is 34.4 Å². The molecule has 0 N–H and O–H groups in total. The summed E-state index contributed by atoms with van der Waals surface area (Å²) in [7, 11) is 0. The molecule has 7 heteroatoms. The molecule has 0 saturated carbocycles. The Hall–Kier alpha value is -1.92. The standard InChI is InChI=1S/C20H33NO6/c1-20(2,3)26-18(24)12-10-8-6-4-5-7-9-11-13-19(25)27-21-16(22)14-15-17(21)23/h4-15H2,1-3H3. The fourth-order valence-electron chi connectivity index (χ4n) is 2.80. The third kappa shape index (κ3) is 10.7. The van der Waals surface area contributed by atoms with Crippen LogP contribution in [0.25, 0.3) is 0 Å².